The molecule has 6 rings (SSSR count). The highest BCUT2D eigenvalue weighted by Crippen LogP contribution is 2.34. The van der Waals surface area contributed by atoms with E-state index >= 15 is 0 Å². The quantitative estimate of drug-likeness (QED) is 0.376. The number of H-pyrrole nitrogens is 1. The fraction of sp³-hybridized carbons (Fsp3) is 0.138. The Morgan fingerprint density at radius 1 is 1.08 bits per heavy atom. The maximum Gasteiger partial charge on any atom is 0.338 e. The summed E-state index contributed by atoms with van der Waals surface area (Å²) in [5.74, 6) is -0.456. The molecule has 0 saturated heterocycles. The highest BCUT2D eigenvalue weighted by Gasteiger charge is 2.34. The van der Waals surface area contributed by atoms with Crippen molar-refractivity contribution in [2.45, 2.75) is 19.9 Å². The van der Waals surface area contributed by atoms with Crippen LogP contribution in [0, 0.1) is 0 Å². The second kappa shape index (κ2) is 8.77. The van der Waals surface area contributed by atoms with Gasteiger partial charge in [-0.2, -0.15) is 0 Å². The fourth-order valence-electron chi connectivity index (χ4n) is 4.93. The minimum Gasteiger partial charge on any atom is -0.463 e. The topological polar surface area (TPSA) is 76.4 Å². The smallest absolute Gasteiger partial charge is 0.338 e. The lowest BCUT2D eigenvalue weighted by atomic mass is 9.91. The summed E-state index contributed by atoms with van der Waals surface area (Å²) >= 11 is 1.33. The summed E-state index contributed by atoms with van der Waals surface area (Å²) < 4.78 is 7.63. The Bertz CT molecular complexity index is 1870. The number of allylic oxidation sites excluding steroid dienone is 1. The van der Waals surface area contributed by atoms with Gasteiger partial charge in [0.05, 0.1) is 28.5 Å². The second-order valence-corrected chi connectivity index (χ2v) is 9.67. The maximum absolute atomic E-state index is 13.9. The van der Waals surface area contributed by atoms with Crippen LogP contribution in [0.2, 0.25) is 0 Å². The van der Waals surface area contributed by atoms with Gasteiger partial charge >= 0.3 is 5.97 Å². The van der Waals surface area contributed by atoms with Crippen LogP contribution in [0.3, 0.4) is 0 Å². The number of benzene rings is 3. The van der Waals surface area contributed by atoms with Gasteiger partial charge < -0.3 is 9.72 Å². The average molecular weight is 494 g/mol. The normalized spacial score (nSPS) is 15.8. The molecule has 178 valence electrons. The van der Waals surface area contributed by atoms with Gasteiger partial charge in [-0.15, -0.1) is 0 Å². The Labute approximate surface area is 210 Å². The molecule has 0 bridgehead atoms. The Balaban J connectivity index is 1.63. The molecule has 0 fully saturated rings. The predicted molar refractivity (Wildman–Crippen MR) is 143 cm³/mol. The number of aromatic nitrogens is 2. The van der Waals surface area contributed by atoms with Crippen LogP contribution in [0.1, 0.15) is 31.0 Å². The molecular formula is C29H23N3O3S. The maximum atomic E-state index is 13.9. The van der Waals surface area contributed by atoms with Gasteiger partial charge in [-0.25, -0.2) is 9.79 Å². The van der Waals surface area contributed by atoms with Gasteiger partial charge in [-0.05, 0) is 42.3 Å². The van der Waals surface area contributed by atoms with Crippen molar-refractivity contribution in [3.05, 3.63) is 115 Å². The SMILES string of the molecule is CCOC(=O)C1=C(C)N=c2s/c(=C\c3c[nH]c4ccccc34)c(=O)n2[C@@H]1c1cccc2ccccc12. The molecule has 0 unspecified atom stereocenters. The molecule has 7 heteroatoms. The number of esters is 1. The standard InChI is InChI=1S/C29H23N3O3S/c1-3-35-28(34)25-17(2)31-29-32(26(25)22-13-8-10-18-9-4-5-11-20(18)22)27(33)24(36-29)15-19-16-30-23-14-7-6-12-21(19)23/h4-16,26,30H,3H2,1-2H3/b24-15-/t26-/m1/s1. The van der Waals surface area contributed by atoms with Crippen LogP contribution >= 0.6 is 11.3 Å². The first-order chi connectivity index (χ1) is 17.6. The van der Waals surface area contributed by atoms with Crippen molar-refractivity contribution in [3.8, 4) is 0 Å². The molecule has 36 heavy (non-hydrogen) atoms. The number of nitrogens with zero attached hydrogens (tertiary/aromatic N) is 2. The van der Waals surface area contributed by atoms with Gasteiger partial charge in [0.25, 0.3) is 5.56 Å². The summed E-state index contributed by atoms with van der Waals surface area (Å²) in [6.07, 6.45) is 3.80. The lowest BCUT2D eigenvalue weighted by Crippen LogP contribution is -2.40. The number of hydrogen-bond donors (Lipinski definition) is 1. The third-order valence-electron chi connectivity index (χ3n) is 6.54. The van der Waals surface area contributed by atoms with Crippen LogP contribution in [0.15, 0.2) is 94.0 Å². The molecule has 0 saturated carbocycles. The summed E-state index contributed by atoms with van der Waals surface area (Å²) in [6.45, 7) is 3.82. The Hall–Kier alpha value is -4.23. The molecule has 1 aliphatic heterocycles. The molecule has 2 aromatic heterocycles. The van der Waals surface area contributed by atoms with Crippen LogP contribution in [-0.4, -0.2) is 22.1 Å². The lowest BCUT2D eigenvalue weighted by Gasteiger charge is -2.25. The van der Waals surface area contributed by atoms with E-state index in [2.05, 4.69) is 4.98 Å². The van der Waals surface area contributed by atoms with Gasteiger partial charge in [0.15, 0.2) is 4.80 Å². The van der Waals surface area contributed by atoms with Crippen LogP contribution in [0.25, 0.3) is 27.8 Å². The number of aromatic amines is 1. The minimum atomic E-state index is -0.642. The number of hydrogen-bond acceptors (Lipinski definition) is 5. The van der Waals surface area contributed by atoms with Crippen molar-refractivity contribution in [3.63, 3.8) is 0 Å². The van der Waals surface area contributed by atoms with E-state index in [4.69, 9.17) is 9.73 Å². The first-order valence-electron chi connectivity index (χ1n) is 11.8. The van der Waals surface area contributed by atoms with E-state index in [9.17, 15) is 9.59 Å². The third kappa shape index (κ3) is 3.51. The van der Waals surface area contributed by atoms with E-state index in [1.807, 2.05) is 79.0 Å². The average Bonchev–Trinajstić information content (AvgIpc) is 3.43. The van der Waals surface area contributed by atoms with Crippen LogP contribution < -0.4 is 14.9 Å². The number of carbonyl (C=O) groups is 1. The Morgan fingerprint density at radius 3 is 2.67 bits per heavy atom. The Kier molecular flexibility index (Phi) is 5.42. The van der Waals surface area contributed by atoms with Crippen molar-refractivity contribution in [2.24, 2.45) is 4.99 Å². The predicted octanol–water partition coefficient (Wildman–Crippen LogP) is 4.43. The van der Waals surface area contributed by atoms with E-state index in [-0.39, 0.29) is 12.2 Å². The molecule has 6 nitrogen and oxygen atoms in total. The molecule has 1 aliphatic rings. The fourth-order valence-corrected chi connectivity index (χ4v) is 5.97. The van der Waals surface area contributed by atoms with Gasteiger partial charge in [-0.1, -0.05) is 72.0 Å². The molecule has 0 spiro atoms. The van der Waals surface area contributed by atoms with E-state index in [1.165, 1.54) is 11.3 Å². The minimum absolute atomic E-state index is 0.184. The Morgan fingerprint density at radius 2 is 1.83 bits per heavy atom. The first-order valence-corrected chi connectivity index (χ1v) is 12.6. The molecule has 0 amide bonds. The number of carbonyl (C=O) groups excluding carboxylic acids is 1. The van der Waals surface area contributed by atoms with Crippen LogP contribution in [-0.2, 0) is 9.53 Å². The highest BCUT2D eigenvalue weighted by molar-refractivity contribution is 7.07. The zero-order valence-corrected chi connectivity index (χ0v) is 20.6. The van der Waals surface area contributed by atoms with E-state index < -0.39 is 12.0 Å². The molecule has 5 aromatic rings. The van der Waals surface area contributed by atoms with Crippen LogP contribution in [0.5, 0.6) is 0 Å². The van der Waals surface area contributed by atoms with E-state index in [0.717, 1.165) is 32.8 Å². The monoisotopic (exact) mass is 493 g/mol. The summed E-state index contributed by atoms with van der Waals surface area (Å²) in [5, 5.41) is 3.05. The summed E-state index contributed by atoms with van der Waals surface area (Å²) in [7, 11) is 0. The van der Waals surface area contributed by atoms with Gasteiger partial charge in [-0.3, -0.25) is 9.36 Å². The van der Waals surface area contributed by atoms with Crippen LogP contribution in [0.4, 0.5) is 0 Å². The number of ether oxygens (including phenoxy) is 1. The van der Waals surface area contributed by atoms with Gasteiger partial charge in [0.1, 0.15) is 0 Å². The zero-order valence-electron chi connectivity index (χ0n) is 19.8. The molecule has 3 heterocycles. The third-order valence-corrected chi connectivity index (χ3v) is 7.53. The number of thiazole rings is 1. The largest absolute Gasteiger partial charge is 0.463 e. The van der Waals surface area contributed by atoms with Crippen molar-refractivity contribution < 1.29 is 9.53 Å². The summed E-state index contributed by atoms with van der Waals surface area (Å²) in [4.78, 5) is 35.6. The van der Waals surface area contributed by atoms with Gasteiger partial charge in [0, 0.05) is 22.7 Å². The highest BCUT2D eigenvalue weighted by atomic mass is 32.1. The molecule has 0 aliphatic carbocycles. The number of fused-ring (bicyclic) bond motifs is 3. The number of nitrogens with one attached hydrogen (secondary N) is 1. The van der Waals surface area contributed by atoms with Crippen molar-refractivity contribution in [1.82, 2.24) is 9.55 Å². The number of rotatable bonds is 4. The van der Waals surface area contributed by atoms with Crippen molar-refractivity contribution in [1.29, 1.82) is 0 Å². The number of para-hydroxylation sites is 1. The van der Waals surface area contributed by atoms with E-state index in [0.29, 0.717) is 20.6 Å². The molecule has 3 aromatic carbocycles. The molecule has 1 N–H and O–H groups in total. The van der Waals surface area contributed by atoms with Crippen molar-refractivity contribution >= 4 is 45.1 Å². The van der Waals surface area contributed by atoms with E-state index in [1.54, 1.807) is 18.4 Å². The summed E-state index contributed by atoms with van der Waals surface area (Å²) in [5.41, 5.74) is 3.57. The molecule has 0 radical (unpaired) electrons. The molecule has 1 atom stereocenters. The zero-order chi connectivity index (χ0) is 24.8. The molecular weight excluding hydrogens is 470 g/mol. The second-order valence-electron chi connectivity index (χ2n) is 8.66. The lowest BCUT2D eigenvalue weighted by molar-refractivity contribution is -0.139. The van der Waals surface area contributed by atoms with Crippen molar-refractivity contribution in [2.75, 3.05) is 6.61 Å². The first kappa shape index (κ1) is 22.2. The summed E-state index contributed by atoms with van der Waals surface area (Å²) in [6, 6.07) is 21.3. The van der Waals surface area contributed by atoms with Gasteiger partial charge in [0.2, 0.25) is 0 Å².